The SMILES string of the molecule is CCC(C)(C)NC(=O)C(C)Oc1c(Br)cc(CO)cc1Br. The van der Waals surface area contributed by atoms with Crippen molar-refractivity contribution >= 4 is 37.8 Å². The summed E-state index contributed by atoms with van der Waals surface area (Å²) in [6.45, 7) is 7.61. The summed E-state index contributed by atoms with van der Waals surface area (Å²) < 4.78 is 7.12. The Kier molecular flexibility index (Phi) is 6.69. The van der Waals surface area contributed by atoms with Crippen LogP contribution >= 0.6 is 31.9 Å². The Morgan fingerprint density at radius 3 is 2.33 bits per heavy atom. The quantitative estimate of drug-likeness (QED) is 0.733. The lowest BCUT2D eigenvalue weighted by Gasteiger charge is -2.27. The number of hydrogen-bond donors (Lipinski definition) is 2. The predicted molar refractivity (Wildman–Crippen MR) is 90.4 cm³/mol. The first-order chi connectivity index (χ1) is 9.70. The summed E-state index contributed by atoms with van der Waals surface area (Å²) in [5.41, 5.74) is 0.495. The first-order valence-electron chi connectivity index (χ1n) is 6.77. The fraction of sp³-hybridized carbons (Fsp3) is 0.533. The number of benzene rings is 1. The molecule has 118 valence electrons. The molecule has 2 N–H and O–H groups in total. The highest BCUT2D eigenvalue weighted by molar-refractivity contribution is 9.11. The Morgan fingerprint density at radius 2 is 1.90 bits per heavy atom. The van der Waals surface area contributed by atoms with Gasteiger partial charge in [0.1, 0.15) is 5.75 Å². The maximum Gasteiger partial charge on any atom is 0.261 e. The molecule has 0 aromatic heterocycles. The third-order valence-corrected chi connectivity index (χ3v) is 4.43. The van der Waals surface area contributed by atoms with Crippen LogP contribution in [0.1, 0.15) is 39.7 Å². The number of aliphatic hydroxyl groups excluding tert-OH is 1. The Hall–Kier alpha value is -0.590. The van der Waals surface area contributed by atoms with Crippen LogP contribution in [0.5, 0.6) is 5.75 Å². The van der Waals surface area contributed by atoms with Gasteiger partial charge in [-0.05, 0) is 76.7 Å². The maximum absolute atomic E-state index is 12.2. The van der Waals surface area contributed by atoms with Gasteiger partial charge >= 0.3 is 0 Å². The van der Waals surface area contributed by atoms with Crippen LogP contribution in [0.2, 0.25) is 0 Å². The van der Waals surface area contributed by atoms with E-state index in [-0.39, 0.29) is 18.1 Å². The number of halogens is 2. The van der Waals surface area contributed by atoms with Crippen LogP contribution in [0.15, 0.2) is 21.1 Å². The molecule has 0 aliphatic carbocycles. The van der Waals surface area contributed by atoms with E-state index in [2.05, 4.69) is 37.2 Å². The van der Waals surface area contributed by atoms with Crippen molar-refractivity contribution in [1.29, 1.82) is 0 Å². The van der Waals surface area contributed by atoms with Crippen LogP contribution < -0.4 is 10.1 Å². The summed E-state index contributed by atoms with van der Waals surface area (Å²) in [4.78, 5) is 12.2. The van der Waals surface area contributed by atoms with E-state index in [1.54, 1.807) is 19.1 Å². The van der Waals surface area contributed by atoms with Gasteiger partial charge < -0.3 is 15.2 Å². The van der Waals surface area contributed by atoms with Gasteiger partial charge in [-0.2, -0.15) is 0 Å². The second-order valence-corrected chi connectivity index (χ2v) is 7.24. The van der Waals surface area contributed by atoms with Crippen molar-refractivity contribution in [3.05, 3.63) is 26.6 Å². The zero-order valence-corrected chi connectivity index (χ0v) is 15.8. The van der Waals surface area contributed by atoms with Gasteiger partial charge in [0.15, 0.2) is 6.10 Å². The topological polar surface area (TPSA) is 58.6 Å². The van der Waals surface area contributed by atoms with Gasteiger partial charge in [0, 0.05) is 5.54 Å². The smallest absolute Gasteiger partial charge is 0.261 e. The first kappa shape index (κ1) is 18.5. The zero-order valence-electron chi connectivity index (χ0n) is 12.7. The molecule has 0 fully saturated rings. The van der Waals surface area contributed by atoms with E-state index in [1.807, 2.05) is 20.8 Å². The highest BCUT2D eigenvalue weighted by atomic mass is 79.9. The first-order valence-corrected chi connectivity index (χ1v) is 8.36. The molecule has 0 aliphatic rings. The molecule has 0 aliphatic heterocycles. The number of carbonyl (C=O) groups excluding carboxylic acids is 1. The lowest BCUT2D eigenvalue weighted by Crippen LogP contribution is -2.48. The minimum Gasteiger partial charge on any atom is -0.479 e. The minimum absolute atomic E-state index is 0.0573. The van der Waals surface area contributed by atoms with E-state index >= 15 is 0 Å². The van der Waals surface area contributed by atoms with Gasteiger partial charge in [0.05, 0.1) is 15.6 Å². The summed E-state index contributed by atoms with van der Waals surface area (Å²) in [6, 6.07) is 3.53. The van der Waals surface area contributed by atoms with Crippen molar-refractivity contribution in [2.75, 3.05) is 0 Å². The molecule has 1 aromatic carbocycles. The molecule has 0 saturated heterocycles. The molecule has 0 spiro atoms. The van der Waals surface area contributed by atoms with E-state index < -0.39 is 6.10 Å². The normalized spacial score (nSPS) is 12.9. The summed E-state index contributed by atoms with van der Waals surface area (Å²) in [7, 11) is 0. The highest BCUT2D eigenvalue weighted by Gasteiger charge is 2.24. The van der Waals surface area contributed by atoms with Crippen LogP contribution in [0, 0.1) is 0 Å². The molecule has 0 radical (unpaired) electrons. The van der Waals surface area contributed by atoms with Gasteiger partial charge in [0.25, 0.3) is 5.91 Å². The summed E-state index contributed by atoms with van der Waals surface area (Å²) >= 11 is 6.79. The van der Waals surface area contributed by atoms with Crippen molar-refractivity contribution in [2.24, 2.45) is 0 Å². The Bertz CT molecular complexity index is 495. The molecule has 1 rings (SSSR count). The lowest BCUT2D eigenvalue weighted by atomic mass is 10.0. The molecular weight excluding hydrogens is 402 g/mol. The van der Waals surface area contributed by atoms with E-state index in [9.17, 15) is 4.79 Å². The summed E-state index contributed by atoms with van der Waals surface area (Å²) in [5.74, 6) is 0.385. The number of ether oxygens (including phenoxy) is 1. The third kappa shape index (κ3) is 5.27. The van der Waals surface area contributed by atoms with Crippen molar-refractivity contribution in [3.8, 4) is 5.75 Å². The second kappa shape index (κ2) is 7.61. The number of rotatable bonds is 6. The van der Waals surface area contributed by atoms with Crippen molar-refractivity contribution in [3.63, 3.8) is 0 Å². The van der Waals surface area contributed by atoms with Crippen LogP contribution in [0.3, 0.4) is 0 Å². The molecule has 1 atom stereocenters. The Balaban J connectivity index is 2.84. The molecule has 1 aromatic rings. The van der Waals surface area contributed by atoms with Gasteiger partial charge in [-0.3, -0.25) is 4.79 Å². The summed E-state index contributed by atoms with van der Waals surface area (Å²) in [5, 5.41) is 12.1. The lowest BCUT2D eigenvalue weighted by molar-refractivity contribution is -0.129. The molecule has 0 heterocycles. The van der Waals surface area contributed by atoms with E-state index in [0.29, 0.717) is 14.7 Å². The van der Waals surface area contributed by atoms with Crippen molar-refractivity contribution in [2.45, 2.75) is 52.4 Å². The monoisotopic (exact) mass is 421 g/mol. The summed E-state index contributed by atoms with van der Waals surface area (Å²) in [6.07, 6.45) is 0.215. The fourth-order valence-corrected chi connectivity index (χ4v) is 3.04. The number of nitrogens with one attached hydrogen (secondary N) is 1. The average molecular weight is 423 g/mol. The van der Waals surface area contributed by atoms with Crippen LogP contribution in [-0.4, -0.2) is 22.7 Å². The second-order valence-electron chi connectivity index (χ2n) is 5.53. The van der Waals surface area contributed by atoms with Crippen LogP contribution in [0.25, 0.3) is 0 Å². The molecular formula is C15H21Br2NO3. The number of aliphatic hydroxyl groups is 1. The molecule has 21 heavy (non-hydrogen) atoms. The average Bonchev–Trinajstić information content (AvgIpc) is 2.41. The number of hydrogen-bond acceptors (Lipinski definition) is 3. The fourth-order valence-electron chi connectivity index (χ4n) is 1.57. The van der Waals surface area contributed by atoms with E-state index in [4.69, 9.17) is 9.84 Å². The number of carbonyl (C=O) groups is 1. The van der Waals surface area contributed by atoms with E-state index in [1.165, 1.54) is 0 Å². The van der Waals surface area contributed by atoms with Crippen molar-refractivity contribution in [1.82, 2.24) is 5.32 Å². The molecule has 4 nitrogen and oxygen atoms in total. The van der Waals surface area contributed by atoms with Gasteiger partial charge in [-0.25, -0.2) is 0 Å². The maximum atomic E-state index is 12.2. The zero-order chi connectivity index (χ0) is 16.2. The molecule has 1 unspecified atom stereocenters. The molecule has 6 heteroatoms. The van der Waals surface area contributed by atoms with Gasteiger partial charge in [-0.15, -0.1) is 0 Å². The van der Waals surface area contributed by atoms with Gasteiger partial charge in [0.2, 0.25) is 0 Å². The molecule has 0 bridgehead atoms. The standard InChI is InChI=1S/C15H21Br2NO3/c1-5-15(3,4)18-14(20)9(2)21-13-11(16)6-10(8-19)7-12(13)17/h6-7,9,19H,5,8H2,1-4H3,(H,18,20). The van der Waals surface area contributed by atoms with E-state index in [0.717, 1.165) is 12.0 Å². The molecule has 0 saturated carbocycles. The molecule has 1 amide bonds. The highest BCUT2D eigenvalue weighted by Crippen LogP contribution is 2.35. The largest absolute Gasteiger partial charge is 0.479 e. The number of amides is 1. The third-order valence-electron chi connectivity index (χ3n) is 3.25. The predicted octanol–water partition coefficient (Wildman–Crippen LogP) is 3.78. The van der Waals surface area contributed by atoms with Crippen LogP contribution in [-0.2, 0) is 11.4 Å². The minimum atomic E-state index is -0.622. The Morgan fingerprint density at radius 1 is 1.38 bits per heavy atom. The van der Waals surface area contributed by atoms with Crippen LogP contribution in [0.4, 0.5) is 0 Å². The Labute approximate surface area is 142 Å². The van der Waals surface area contributed by atoms with Gasteiger partial charge in [-0.1, -0.05) is 6.92 Å². The van der Waals surface area contributed by atoms with Crippen molar-refractivity contribution < 1.29 is 14.6 Å².